The molecule has 2 N–H and O–H groups in total. The van der Waals surface area contributed by atoms with Crippen LogP contribution in [0, 0.1) is 5.92 Å². The Morgan fingerprint density at radius 3 is 3.00 bits per heavy atom. The number of rotatable bonds is 4. The number of Topliss-reactive ketones (excluding diaryl/α,β-unsaturated/α-hetero) is 1. The summed E-state index contributed by atoms with van der Waals surface area (Å²) in [5.74, 6) is -0.920. The maximum Gasteiger partial charge on any atom is 0.304 e. The Bertz CT molecular complexity index is 484. The molecule has 5 nitrogen and oxygen atoms in total. The number of ether oxygens (including phenoxy) is 1. The summed E-state index contributed by atoms with van der Waals surface area (Å²) >= 11 is 0. The third kappa shape index (κ3) is 2.61. The summed E-state index contributed by atoms with van der Waals surface area (Å²) < 4.78 is 5.42. The Morgan fingerprint density at radius 1 is 1.50 bits per heavy atom. The number of carbonyl (C=O) groups is 2. The molecular formula is C13H15NO4. The van der Waals surface area contributed by atoms with E-state index >= 15 is 0 Å². The normalized spacial score (nSPS) is 14.9. The Labute approximate surface area is 105 Å². The van der Waals surface area contributed by atoms with Crippen LogP contribution in [0.3, 0.4) is 0 Å². The van der Waals surface area contributed by atoms with Crippen LogP contribution in [0.2, 0.25) is 0 Å². The number of carbonyl (C=O) groups excluding carboxylic acids is 1. The second-order valence-electron chi connectivity index (χ2n) is 4.35. The molecule has 0 fully saturated rings. The van der Waals surface area contributed by atoms with E-state index in [9.17, 15) is 9.59 Å². The predicted molar refractivity (Wildman–Crippen MR) is 66.2 cm³/mol. The van der Waals surface area contributed by atoms with Gasteiger partial charge in [-0.3, -0.25) is 9.59 Å². The van der Waals surface area contributed by atoms with Gasteiger partial charge >= 0.3 is 5.97 Å². The maximum atomic E-state index is 12.0. The summed E-state index contributed by atoms with van der Waals surface area (Å²) in [6.07, 6.45) is -0.153. The van der Waals surface area contributed by atoms with Crippen molar-refractivity contribution in [2.45, 2.75) is 13.3 Å². The zero-order valence-corrected chi connectivity index (χ0v) is 10.1. The fraction of sp³-hybridized carbons (Fsp3) is 0.385. The zero-order chi connectivity index (χ0) is 13.1. The minimum atomic E-state index is -0.963. The Morgan fingerprint density at radius 2 is 2.28 bits per heavy atom. The highest BCUT2D eigenvalue weighted by Crippen LogP contribution is 2.29. The van der Waals surface area contributed by atoms with Crippen LogP contribution in [0.15, 0.2) is 18.2 Å². The number of fused-ring (bicyclic) bond motifs is 1. The van der Waals surface area contributed by atoms with Gasteiger partial charge in [-0.05, 0) is 18.2 Å². The van der Waals surface area contributed by atoms with Crippen LogP contribution in [0.5, 0.6) is 5.75 Å². The van der Waals surface area contributed by atoms with E-state index in [4.69, 9.17) is 9.84 Å². The van der Waals surface area contributed by atoms with Crippen LogP contribution in [0.25, 0.3) is 0 Å². The number of hydrogen-bond donors (Lipinski definition) is 2. The van der Waals surface area contributed by atoms with Crippen molar-refractivity contribution < 1.29 is 19.4 Å². The van der Waals surface area contributed by atoms with Gasteiger partial charge in [0, 0.05) is 18.0 Å². The summed E-state index contributed by atoms with van der Waals surface area (Å²) in [4.78, 5) is 22.6. The molecule has 1 aliphatic rings. The van der Waals surface area contributed by atoms with Crippen molar-refractivity contribution in [1.82, 2.24) is 0 Å². The van der Waals surface area contributed by atoms with Gasteiger partial charge in [-0.1, -0.05) is 6.92 Å². The third-order valence-electron chi connectivity index (χ3n) is 2.87. The topological polar surface area (TPSA) is 75.6 Å². The Hall–Kier alpha value is -2.04. The van der Waals surface area contributed by atoms with Crippen LogP contribution in [-0.4, -0.2) is 30.0 Å². The van der Waals surface area contributed by atoms with Gasteiger partial charge < -0.3 is 15.2 Å². The lowest BCUT2D eigenvalue weighted by atomic mass is 9.96. The Kier molecular flexibility index (Phi) is 3.50. The van der Waals surface area contributed by atoms with Crippen molar-refractivity contribution in [1.29, 1.82) is 0 Å². The lowest BCUT2D eigenvalue weighted by Gasteiger charge is -2.20. The molecule has 0 saturated carbocycles. The molecule has 96 valence electrons. The van der Waals surface area contributed by atoms with Crippen molar-refractivity contribution in [2.75, 3.05) is 18.5 Å². The van der Waals surface area contributed by atoms with Crippen molar-refractivity contribution in [2.24, 2.45) is 5.92 Å². The number of anilines is 1. The number of ketones is 1. The van der Waals surface area contributed by atoms with Crippen LogP contribution in [0.4, 0.5) is 5.69 Å². The van der Waals surface area contributed by atoms with Gasteiger partial charge in [0.1, 0.15) is 12.4 Å². The van der Waals surface area contributed by atoms with Gasteiger partial charge in [-0.15, -0.1) is 0 Å². The van der Waals surface area contributed by atoms with E-state index < -0.39 is 11.9 Å². The van der Waals surface area contributed by atoms with E-state index in [1.54, 1.807) is 25.1 Å². The van der Waals surface area contributed by atoms with Crippen molar-refractivity contribution >= 4 is 17.4 Å². The minimum absolute atomic E-state index is 0.153. The van der Waals surface area contributed by atoms with Crippen LogP contribution in [0.1, 0.15) is 23.7 Å². The van der Waals surface area contributed by atoms with Crippen LogP contribution in [-0.2, 0) is 4.79 Å². The van der Waals surface area contributed by atoms with Crippen LogP contribution < -0.4 is 10.1 Å². The molecule has 18 heavy (non-hydrogen) atoms. The summed E-state index contributed by atoms with van der Waals surface area (Å²) in [5.41, 5.74) is 1.30. The highest BCUT2D eigenvalue weighted by molar-refractivity contribution is 6.00. The predicted octanol–water partition coefficient (Wildman–Crippen LogP) is 1.78. The average molecular weight is 249 g/mol. The van der Waals surface area contributed by atoms with Crippen molar-refractivity contribution in [3.63, 3.8) is 0 Å². The number of carboxylic acids is 1. The molecule has 0 aliphatic carbocycles. The van der Waals surface area contributed by atoms with Gasteiger partial charge in [-0.2, -0.15) is 0 Å². The number of nitrogens with one attached hydrogen (secondary N) is 1. The molecule has 0 amide bonds. The van der Waals surface area contributed by atoms with Crippen molar-refractivity contribution in [3.05, 3.63) is 23.8 Å². The molecule has 0 saturated heterocycles. The SMILES string of the molecule is CC(CC(=O)O)C(=O)c1ccc2c(c1)NCCO2. The monoisotopic (exact) mass is 249 g/mol. The van der Waals surface area contributed by atoms with E-state index in [-0.39, 0.29) is 12.2 Å². The second kappa shape index (κ2) is 5.08. The largest absolute Gasteiger partial charge is 0.490 e. The van der Waals surface area contributed by atoms with E-state index in [2.05, 4.69) is 5.32 Å². The zero-order valence-electron chi connectivity index (χ0n) is 10.1. The van der Waals surface area contributed by atoms with Gasteiger partial charge in [-0.25, -0.2) is 0 Å². The average Bonchev–Trinajstić information content (AvgIpc) is 2.36. The fourth-order valence-electron chi connectivity index (χ4n) is 1.93. The molecule has 2 rings (SSSR count). The van der Waals surface area contributed by atoms with E-state index in [1.165, 1.54) is 0 Å². The maximum absolute atomic E-state index is 12.0. The molecule has 0 spiro atoms. The molecule has 0 aromatic heterocycles. The van der Waals surface area contributed by atoms with Gasteiger partial charge in [0.2, 0.25) is 0 Å². The summed E-state index contributed by atoms with van der Waals surface area (Å²) in [7, 11) is 0. The molecule has 1 aliphatic heterocycles. The van der Waals surface area contributed by atoms with E-state index in [0.717, 1.165) is 11.4 Å². The smallest absolute Gasteiger partial charge is 0.304 e. The van der Waals surface area contributed by atoms with Crippen molar-refractivity contribution in [3.8, 4) is 5.75 Å². The first-order valence-corrected chi connectivity index (χ1v) is 5.84. The summed E-state index contributed by atoms with van der Waals surface area (Å²) in [5, 5.41) is 11.8. The molecule has 5 heteroatoms. The number of hydrogen-bond acceptors (Lipinski definition) is 4. The Balaban J connectivity index is 2.18. The number of benzene rings is 1. The molecule has 1 heterocycles. The lowest BCUT2D eigenvalue weighted by Crippen LogP contribution is -2.19. The second-order valence-corrected chi connectivity index (χ2v) is 4.35. The molecule has 0 radical (unpaired) electrons. The van der Waals surface area contributed by atoms with Gasteiger partial charge in [0.05, 0.1) is 12.1 Å². The minimum Gasteiger partial charge on any atom is -0.490 e. The molecule has 0 bridgehead atoms. The molecule has 1 atom stereocenters. The molecular weight excluding hydrogens is 234 g/mol. The summed E-state index contributed by atoms with van der Waals surface area (Å²) in [6.45, 7) is 2.94. The number of carboxylic acid groups (broad SMARTS) is 1. The number of aliphatic carboxylic acids is 1. The molecule has 1 unspecified atom stereocenters. The highest BCUT2D eigenvalue weighted by atomic mass is 16.5. The van der Waals surface area contributed by atoms with E-state index in [1.807, 2.05) is 0 Å². The first kappa shape index (κ1) is 12.4. The molecule has 1 aromatic rings. The quantitative estimate of drug-likeness (QED) is 0.795. The third-order valence-corrected chi connectivity index (χ3v) is 2.87. The van der Waals surface area contributed by atoms with Gasteiger partial charge in [0.15, 0.2) is 5.78 Å². The first-order chi connectivity index (χ1) is 8.58. The van der Waals surface area contributed by atoms with Gasteiger partial charge in [0.25, 0.3) is 0 Å². The van der Waals surface area contributed by atoms with Crippen LogP contribution >= 0.6 is 0 Å². The highest BCUT2D eigenvalue weighted by Gasteiger charge is 2.20. The fourth-order valence-corrected chi connectivity index (χ4v) is 1.93. The van der Waals surface area contributed by atoms with E-state index in [0.29, 0.717) is 18.7 Å². The summed E-state index contributed by atoms with van der Waals surface area (Å²) in [6, 6.07) is 5.13. The standard InChI is InChI=1S/C13H15NO4/c1-8(6-12(15)16)13(17)9-2-3-11-10(7-9)14-4-5-18-11/h2-3,7-8,14H,4-6H2,1H3,(H,15,16). The first-order valence-electron chi connectivity index (χ1n) is 5.84. The molecule has 1 aromatic carbocycles. The lowest BCUT2D eigenvalue weighted by molar-refractivity contribution is -0.137.